The van der Waals surface area contributed by atoms with Gasteiger partial charge in [-0.3, -0.25) is 19.6 Å². The second-order valence-electron chi connectivity index (χ2n) is 5.84. The predicted octanol–water partition coefficient (Wildman–Crippen LogP) is 2.34. The Morgan fingerprint density at radius 1 is 1.15 bits per heavy atom. The number of rotatable bonds is 9. The minimum atomic E-state index is -0.147. The standard InChI is InChI=1S/C19H23N4O2S/c1-14(2)23-18(24)7-11-26-12-10-22-19(25)15-6-9-21-17(13-15)16-5-3-4-8-20-16/h3-9,13-14H,10-12H2,1-2H3,(H,22,25)(H,23,24). The summed E-state index contributed by atoms with van der Waals surface area (Å²) >= 11 is 1.59. The molecule has 0 aromatic carbocycles. The highest BCUT2D eigenvalue weighted by molar-refractivity contribution is 7.99. The van der Waals surface area contributed by atoms with Crippen LogP contribution in [-0.4, -0.2) is 45.9 Å². The van der Waals surface area contributed by atoms with Gasteiger partial charge in [-0.25, -0.2) is 0 Å². The number of hydrogen-bond donors (Lipinski definition) is 2. The molecule has 26 heavy (non-hydrogen) atoms. The molecule has 2 amide bonds. The smallest absolute Gasteiger partial charge is 0.251 e. The van der Waals surface area contributed by atoms with Crippen molar-refractivity contribution in [2.24, 2.45) is 0 Å². The first-order valence-corrected chi connectivity index (χ1v) is 9.59. The van der Waals surface area contributed by atoms with Crippen LogP contribution in [0.1, 0.15) is 24.2 Å². The lowest BCUT2D eigenvalue weighted by Crippen LogP contribution is -2.30. The molecule has 2 N–H and O–H groups in total. The number of carbonyl (C=O) groups excluding carboxylic acids is 2. The summed E-state index contributed by atoms with van der Waals surface area (Å²) in [6.45, 7) is 4.38. The van der Waals surface area contributed by atoms with Crippen molar-refractivity contribution in [3.8, 4) is 11.4 Å². The minimum Gasteiger partial charge on any atom is -0.354 e. The van der Waals surface area contributed by atoms with Crippen LogP contribution in [0.15, 0.2) is 42.7 Å². The monoisotopic (exact) mass is 371 g/mol. The Morgan fingerprint density at radius 2 is 1.96 bits per heavy atom. The Bertz CT molecular complexity index is 722. The third kappa shape index (κ3) is 6.84. The van der Waals surface area contributed by atoms with Gasteiger partial charge >= 0.3 is 0 Å². The Morgan fingerprint density at radius 3 is 2.69 bits per heavy atom. The molecule has 2 heterocycles. The van der Waals surface area contributed by atoms with Gasteiger partial charge in [-0.2, -0.15) is 11.8 Å². The number of carbonyl (C=O) groups is 2. The molecule has 2 aromatic rings. The number of nitrogens with one attached hydrogen (secondary N) is 2. The lowest BCUT2D eigenvalue weighted by Gasteiger charge is -2.08. The van der Waals surface area contributed by atoms with Crippen LogP contribution in [0.3, 0.4) is 0 Å². The third-order valence-electron chi connectivity index (χ3n) is 3.30. The van der Waals surface area contributed by atoms with Crippen molar-refractivity contribution in [2.45, 2.75) is 19.9 Å². The molecule has 0 aliphatic rings. The van der Waals surface area contributed by atoms with E-state index < -0.39 is 0 Å². The summed E-state index contributed by atoms with van der Waals surface area (Å²) in [6, 6.07) is 9.12. The highest BCUT2D eigenvalue weighted by atomic mass is 32.2. The van der Waals surface area contributed by atoms with E-state index in [9.17, 15) is 9.59 Å². The predicted molar refractivity (Wildman–Crippen MR) is 105 cm³/mol. The van der Waals surface area contributed by atoms with Crippen molar-refractivity contribution >= 4 is 23.6 Å². The van der Waals surface area contributed by atoms with Gasteiger partial charge < -0.3 is 10.6 Å². The fourth-order valence-corrected chi connectivity index (χ4v) is 2.81. The van der Waals surface area contributed by atoms with Gasteiger partial charge in [-0.15, -0.1) is 0 Å². The molecular formula is C19H23N4O2S. The first-order chi connectivity index (χ1) is 12.6. The van der Waals surface area contributed by atoms with Crippen molar-refractivity contribution in [1.82, 2.24) is 20.6 Å². The van der Waals surface area contributed by atoms with Gasteiger partial charge in [0, 0.05) is 42.0 Å². The lowest BCUT2D eigenvalue weighted by molar-refractivity contribution is -0.118. The SMILES string of the molecule is CC(C)NC(=O)[CH]CSCCNC(=O)c1ccnc(-c2ccccn2)c1. The van der Waals surface area contributed by atoms with Gasteiger partial charge in [-0.1, -0.05) is 6.07 Å². The topological polar surface area (TPSA) is 84.0 Å². The molecule has 0 unspecified atom stereocenters. The second kappa shape index (κ2) is 10.6. The van der Waals surface area contributed by atoms with E-state index in [-0.39, 0.29) is 17.9 Å². The summed E-state index contributed by atoms with van der Waals surface area (Å²) in [7, 11) is 0. The molecular weight excluding hydrogens is 348 g/mol. The third-order valence-corrected chi connectivity index (χ3v) is 4.19. The molecule has 137 valence electrons. The molecule has 7 heteroatoms. The van der Waals surface area contributed by atoms with E-state index in [2.05, 4.69) is 20.6 Å². The van der Waals surface area contributed by atoms with Crippen LogP contribution >= 0.6 is 11.8 Å². The first-order valence-electron chi connectivity index (χ1n) is 8.43. The van der Waals surface area contributed by atoms with Crippen molar-refractivity contribution in [1.29, 1.82) is 0 Å². The maximum atomic E-state index is 12.2. The molecule has 0 saturated carbocycles. The van der Waals surface area contributed by atoms with E-state index in [1.807, 2.05) is 32.0 Å². The lowest BCUT2D eigenvalue weighted by atomic mass is 10.1. The number of aromatic nitrogens is 2. The Kier molecular flexibility index (Phi) is 8.08. The van der Waals surface area contributed by atoms with E-state index in [1.165, 1.54) is 0 Å². The fourth-order valence-electron chi connectivity index (χ4n) is 2.13. The molecule has 0 aliphatic heterocycles. The number of nitrogens with zero attached hydrogens (tertiary/aromatic N) is 2. The Labute approximate surface area is 158 Å². The molecule has 2 rings (SSSR count). The Hall–Kier alpha value is -2.41. The normalized spacial score (nSPS) is 10.6. The zero-order valence-electron chi connectivity index (χ0n) is 14.9. The molecule has 1 radical (unpaired) electrons. The zero-order chi connectivity index (χ0) is 18.8. The van der Waals surface area contributed by atoms with Crippen LogP contribution in [-0.2, 0) is 4.79 Å². The second-order valence-corrected chi connectivity index (χ2v) is 6.99. The quantitative estimate of drug-likeness (QED) is 0.661. The molecule has 6 nitrogen and oxygen atoms in total. The zero-order valence-corrected chi connectivity index (χ0v) is 15.8. The molecule has 0 spiro atoms. The fraction of sp³-hybridized carbons (Fsp3) is 0.316. The number of pyridine rings is 2. The molecule has 0 bridgehead atoms. The van der Waals surface area contributed by atoms with Gasteiger partial charge in [0.15, 0.2) is 0 Å². The highest BCUT2D eigenvalue weighted by Crippen LogP contribution is 2.14. The summed E-state index contributed by atoms with van der Waals surface area (Å²) < 4.78 is 0. The largest absolute Gasteiger partial charge is 0.354 e. The summed E-state index contributed by atoms with van der Waals surface area (Å²) in [5.74, 6) is 1.14. The summed E-state index contributed by atoms with van der Waals surface area (Å²) in [4.78, 5) is 32.2. The van der Waals surface area contributed by atoms with Gasteiger partial charge in [-0.05, 0) is 38.1 Å². The van der Waals surface area contributed by atoms with Gasteiger partial charge in [0.25, 0.3) is 5.91 Å². The summed E-state index contributed by atoms with van der Waals surface area (Å²) in [5, 5.41) is 5.68. The molecule has 0 fully saturated rings. The van der Waals surface area contributed by atoms with E-state index >= 15 is 0 Å². The van der Waals surface area contributed by atoms with Crippen LogP contribution in [0.25, 0.3) is 11.4 Å². The molecule has 0 aliphatic carbocycles. The van der Waals surface area contributed by atoms with Gasteiger partial charge in [0.05, 0.1) is 17.8 Å². The summed E-state index contributed by atoms with van der Waals surface area (Å²) in [6.07, 6.45) is 4.92. The molecule has 0 saturated heterocycles. The van der Waals surface area contributed by atoms with Gasteiger partial charge in [0.2, 0.25) is 5.91 Å². The van der Waals surface area contributed by atoms with E-state index in [0.29, 0.717) is 23.6 Å². The maximum Gasteiger partial charge on any atom is 0.251 e. The number of thioether (sulfide) groups is 1. The molecule has 0 atom stereocenters. The first kappa shape index (κ1) is 19.9. The van der Waals surface area contributed by atoms with Crippen LogP contribution in [0.2, 0.25) is 0 Å². The van der Waals surface area contributed by atoms with Crippen molar-refractivity contribution in [2.75, 3.05) is 18.1 Å². The average molecular weight is 371 g/mol. The number of amides is 2. The van der Waals surface area contributed by atoms with Crippen LogP contribution in [0, 0.1) is 6.42 Å². The number of hydrogen-bond acceptors (Lipinski definition) is 5. The van der Waals surface area contributed by atoms with Crippen molar-refractivity contribution in [3.63, 3.8) is 0 Å². The van der Waals surface area contributed by atoms with E-state index in [0.717, 1.165) is 11.4 Å². The minimum absolute atomic E-state index is 0.0598. The molecule has 2 aromatic heterocycles. The van der Waals surface area contributed by atoms with Crippen LogP contribution < -0.4 is 10.6 Å². The van der Waals surface area contributed by atoms with Crippen molar-refractivity contribution in [3.05, 3.63) is 54.7 Å². The van der Waals surface area contributed by atoms with E-state index in [4.69, 9.17) is 0 Å². The highest BCUT2D eigenvalue weighted by Gasteiger charge is 2.08. The van der Waals surface area contributed by atoms with Crippen LogP contribution in [0.4, 0.5) is 0 Å². The summed E-state index contributed by atoms with van der Waals surface area (Å²) in [5.41, 5.74) is 1.94. The van der Waals surface area contributed by atoms with E-state index in [1.54, 1.807) is 42.7 Å². The Balaban J connectivity index is 1.73. The van der Waals surface area contributed by atoms with Crippen LogP contribution in [0.5, 0.6) is 0 Å². The van der Waals surface area contributed by atoms with Crippen molar-refractivity contribution < 1.29 is 9.59 Å². The average Bonchev–Trinajstić information content (AvgIpc) is 2.64. The maximum absolute atomic E-state index is 12.2. The van der Waals surface area contributed by atoms with Gasteiger partial charge in [0.1, 0.15) is 0 Å².